The molecule has 0 atom stereocenters. The predicted octanol–water partition coefficient (Wildman–Crippen LogP) is 3.01. The molecular weight excluding hydrogens is 224 g/mol. The number of ether oxygens (including phenoxy) is 1. The zero-order valence-electron chi connectivity index (χ0n) is 9.06. The molecule has 2 aromatic rings. The summed E-state index contributed by atoms with van der Waals surface area (Å²) >= 11 is 5.70. The van der Waals surface area contributed by atoms with Crippen molar-refractivity contribution >= 4 is 11.6 Å². The summed E-state index contributed by atoms with van der Waals surface area (Å²) in [5.41, 5.74) is 1.87. The normalized spacial score (nSPS) is 10.4. The van der Waals surface area contributed by atoms with E-state index in [9.17, 15) is 0 Å². The Kier molecular flexibility index (Phi) is 3.47. The van der Waals surface area contributed by atoms with Crippen LogP contribution < -0.4 is 4.74 Å². The molecule has 0 radical (unpaired) electrons. The number of hydrogen-bond acceptors (Lipinski definition) is 2. The zero-order valence-corrected chi connectivity index (χ0v) is 9.81. The first-order valence-electron chi connectivity index (χ1n) is 5.17. The van der Waals surface area contributed by atoms with Crippen molar-refractivity contribution in [2.24, 2.45) is 0 Å². The third-order valence-electron chi connectivity index (χ3n) is 2.19. The Morgan fingerprint density at radius 2 is 2.00 bits per heavy atom. The topological polar surface area (TPSA) is 27.1 Å². The summed E-state index contributed by atoms with van der Waals surface area (Å²) in [6, 6.07) is 9.71. The molecule has 0 aliphatic heterocycles. The van der Waals surface area contributed by atoms with Crippen LogP contribution in [0.3, 0.4) is 0 Å². The highest BCUT2D eigenvalue weighted by Crippen LogP contribution is 2.15. The van der Waals surface area contributed by atoms with Crippen molar-refractivity contribution in [3.05, 3.63) is 42.2 Å². The van der Waals surface area contributed by atoms with Crippen molar-refractivity contribution in [3.8, 4) is 11.4 Å². The fourth-order valence-corrected chi connectivity index (χ4v) is 1.58. The van der Waals surface area contributed by atoms with Gasteiger partial charge in [0.25, 0.3) is 0 Å². The number of aromatic nitrogens is 2. The van der Waals surface area contributed by atoms with Crippen LogP contribution in [0, 0.1) is 0 Å². The number of nitrogens with zero attached hydrogens (tertiary/aromatic N) is 2. The summed E-state index contributed by atoms with van der Waals surface area (Å²) in [6.45, 7) is 2.64. The van der Waals surface area contributed by atoms with E-state index in [2.05, 4.69) is 5.10 Å². The molecule has 0 spiro atoms. The Morgan fingerprint density at radius 1 is 1.25 bits per heavy atom. The van der Waals surface area contributed by atoms with Gasteiger partial charge in [0.2, 0.25) is 0 Å². The van der Waals surface area contributed by atoms with E-state index in [-0.39, 0.29) is 0 Å². The minimum absolute atomic E-state index is 0.435. The Labute approximate surface area is 99.6 Å². The number of rotatable bonds is 4. The molecule has 0 bridgehead atoms. The molecule has 2 rings (SSSR count). The highest BCUT2D eigenvalue weighted by molar-refractivity contribution is 6.16. The number of halogens is 1. The van der Waals surface area contributed by atoms with Crippen LogP contribution in [-0.4, -0.2) is 16.4 Å². The lowest BCUT2D eigenvalue weighted by Crippen LogP contribution is -1.96. The first-order valence-corrected chi connectivity index (χ1v) is 5.70. The van der Waals surface area contributed by atoms with Crippen LogP contribution >= 0.6 is 11.6 Å². The van der Waals surface area contributed by atoms with Gasteiger partial charge in [-0.3, -0.25) is 0 Å². The summed E-state index contributed by atoms with van der Waals surface area (Å²) in [5, 5.41) is 4.32. The minimum Gasteiger partial charge on any atom is -0.494 e. The monoisotopic (exact) mass is 236 g/mol. The summed E-state index contributed by atoms with van der Waals surface area (Å²) in [4.78, 5) is 0. The molecule has 0 unspecified atom stereocenters. The van der Waals surface area contributed by atoms with E-state index in [4.69, 9.17) is 16.3 Å². The second kappa shape index (κ2) is 5.03. The predicted molar refractivity (Wildman–Crippen MR) is 64.3 cm³/mol. The molecule has 0 saturated carbocycles. The van der Waals surface area contributed by atoms with Crippen molar-refractivity contribution in [1.29, 1.82) is 0 Å². The third-order valence-corrected chi connectivity index (χ3v) is 2.47. The van der Waals surface area contributed by atoms with Crippen LogP contribution in [0.2, 0.25) is 0 Å². The van der Waals surface area contributed by atoms with Crippen LogP contribution in [0.15, 0.2) is 36.5 Å². The molecule has 0 saturated heterocycles. The maximum absolute atomic E-state index is 5.70. The maximum Gasteiger partial charge on any atom is 0.119 e. The van der Waals surface area contributed by atoms with Gasteiger partial charge >= 0.3 is 0 Å². The molecule has 16 heavy (non-hydrogen) atoms. The standard InChI is InChI=1S/C12H13ClN2O/c1-2-16-12-5-3-11(4-6-12)15-8-7-10(9-13)14-15/h3-8H,2,9H2,1H3. The quantitative estimate of drug-likeness (QED) is 0.763. The maximum atomic E-state index is 5.70. The first kappa shape index (κ1) is 11.0. The molecular formula is C12H13ClN2O. The summed E-state index contributed by atoms with van der Waals surface area (Å²) in [5.74, 6) is 1.31. The second-order valence-electron chi connectivity index (χ2n) is 3.31. The van der Waals surface area contributed by atoms with Gasteiger partial charge in [-0.1, -0.05) is 0 Å². The fraction of sp³-hybridized carbons (Fsp3) is 0.250. The van der Waals surface area contributed by atoms with Gasteiger partial charge in [0, 0.05) is 6.20 Å². The molecule has 1 aromatic heterocycles. The molecule has 0 fully saturated rings. The van der Waals surface area contributed by atoms with Crippen molar-refractivity contribution in [1.82, 2.24) is 9.78 Å². The van der Waals surface area contributed by atoms with Gasteiger partial charge in [0.05, 0.1) is 23.9 Å². The van der Waals surface area contributed by atoms with Gasteiger partial charge in [-0.25, -0.2) is 4.68 Å². The minimum atomic E-state index is 0.435. The Balaban J connectivity index is 2.20. The van der Waals surface area contributed by atoms with E-state index in [1.807, 2.05) is 43.5 Å². The Bertz CT molecular complexity index is 450. The number of benzene rings is 1. The van der Waals surface area contributed by atoms with Gasteiger partial charge in [0.1, 0.15) is 5.75 Å². The molecule has 0 aliphatic rings. The van der Waals surface area contributed by atoms with Gasteiger partial charge in [-0.05, 0) is 37.3 Å². The van der Waals surface area contributed by atoms with E-state index < -0.39 is 0 Å². The van der Waals surface area contributed by atoms with E-state index >= 15 is 0 Å². The molecule has 1 heterocycles. The molecule has 84 valence electrons. The van der Waals surface area contributed by atoms with Crippen molar-refractivity contribution in [2.75, 3.05) is 6.61 Å². The fourth-order valence-electron chi connectivity index (χ4n) is 1.44. The highest BCUT2D eigenvalue weighted by Gasteiger charge is 2.00. The van der Waals surface area contributed by atoms with E-state index in [1.165, 1.54) is 0 Å². The van der Waals surface area contributed by atoms with Crippen LogP contribution in [0.4, 0.5) is 0 Å². The lowest BCUT2D eigenvalue weighted by atomic mass is 10.3. The molecule has 0 aliphatic carbocycles. The van der Waals surface area contributed by atoms with Gasteiger partial charge in [-0.2, -0.15) is 5.10 Å². The van der Waals surface area contributed by atoms with Crippen LogP contribution in [0.25, 0.3) is 5.69 Å². The number of hydrogen-bond donors (Lipinski definition) is 0. The summed E-state index contributed by atoms with van der Waals surface area (Å²) < 4.78 is 7.17. The van der Waals surface area contributed by atoms with Crippen LogP contribution in [0.1, 0.15) is 12.6 Å². The van der Waals surface area contributed by atoms with E-state index in [1.54, 1.807) is 4.68 Å². The van der Waals surface area contributed by atoms with Crippen molar-refractivity contribution < 1.29 is 4.74 Å². The van der Waals surface area contributed by atoms with Crippen LogP contribution in [-0.2, 0) is 5.88 Å². The summed E-state index contributed by atoms with van der Waals surface area (Å²) in [6.07, 6.45) is 1.90. The molecule has 0 amide bonds. The molecule has 0 N–H and O–H groups in total. The smallest absolute Gasteiger partial charge is 0.119 e. The first-order chi connectivity index (χ1) is 7.83. The van der Waals surface area contributed by atoms with Crippen LogP contribution in [0.5, 0.6) is 5.75 Å². The SMILES string of the molecule is CCOc1ccc(-n2ccc(CCl)n2)cc1. The van der Waals surface area contributed by atoms with Crippen molar-refractivity contribution in [2.45, 2.75) is 12.8 Å². The summed E-state index contributed by atoms with van der Waals surface area (Å²) in [7, 11) is 0. The van der Waals surface area contributed by atoms with Crippen molar-refractivity contribution in [3.63, 3.8) is 0 Å². The average Bonchev–Trinajstić information content (AvgIpc) is 2.79. The Morgan fingerprint density at radius 3 is 2.56 bits per heavy atom. The third kappa shape index (κ3) is 2.36. The highest BCUT2D eigenvalue weighted by atomic mass is 35.5. The number of alkyl halides is 1. The second-order valence-corrected chi connectivity index (χ2v) is 3.58. The van der Waals surface area contributed by atoms with Gasteiger partial charge in [0.15, 0.2) is 0 Å². The van der Waals surface area contributed by atoms with E-state index in [0.717, 1.165) is 17.1 Å². The lowest BCUT2D eigenvalue weighted by molar-refractivity contribution is 0.340. The average molecular weight is 237 g/mol. The molecule has 3 nitrogen and oxygen atoms in total. The Hall–Kier alpha value is -1.48. The van der Waals surface area contributed by atoms with E-state index in [0.29, 0.717) is 12.5 Å². The van der Waals surface area contributed by atoms with Gasteiger partial charge in [-0.15, -0.1) is 11.6 Å². The van der Waals surface area contributed by atoms with Gasteiger partial charge < -0.3 is 4.74 Å². The largest absolute Gasteiger partial charge is 0.494 e. The zero-order chi connectivity index (χ0) is 11.4. The molecule has 4 heteroatoms. The lowest BCUT2D eigenvalue weighted by Gasteiger charge is -2.04. The molecule has 1 aromatic carbocycles.